The van der Waals surface area contributed by atoms with E-state index in [1.54, 1.807) is 24.3 Å². The van der Waals surface area contributed by atoms with Crippen LogP contribution in [-0.2, 0) is 9.53 Å². The van der Waals surface area contributed by atoms with Crippen molar-refractivity contribution in [3.05, 3.63) is 29.8 Å². The quantitative estimate of drug-likeness (QED) is 0.655. The fourth-order valence-electron chi connectivity index (χ4n) is 3.26. The average molecular weight is 332 g/mol. The Balaban J connectivity index is 1.54. The largest absolute Gasteiger partial charge is 0.492 e. The minimum absolute atomic E-state index is 0.144. The van der Waals surface area contributed by atoms with Gasteiger partial charge in [0, 0.05) is 0 Å². The number of carbonyl (C=O) groups excluding carboxylic acids is 3. The van der Waals surface area contributed by atoms with Gasteiger partial charge >= 0.3 is 12.0 Å². The normalized spacial score (nSPS) is 18.8. The predicted octanol–water partition coefficient (Wildman–Crippen LogP) is 1.72. The molecule has 1 spiro atoms. The molecule has 2 fully saturated rings. The van der Waals surface area contributed by atoms with Gasteiger partial charge in [0.15, 0.2) is 0 Å². The molecule has 1 heterocycles. The van der Waals surface area contributed by atoms with Crippen molar-refractivity contribution < 1.29 is 23.9 Å². The van der Waals surface area contributed by atoms with Crippen LogP contribution in [0.1, 0.15) is 36.0 Å². The first-order chi connectivity index (χ1) is 11.6. The summed E-state index contributed by atoms with van der Waals surface area (Å²) in [7, 11) is 1.32. The maximum absolute atomic E-state index is 12.5. The summed E-state index contributed by atoms with van der Waals surface area (Å²) >= 11 is 0. The van der Waals surface area contributed by atoms with E-state index < -0.39 is 11.5 Å². The maximum Gasteiger partial charge on any atom is 0.337 e. The summed E-state index contributed by atoms with van der Waals surface area (Å²) in [5.74, 6) is 0.00247. The van der Waals surface area contributed by atoms with Crippen molar-refractivity contribution >= 4 is 17.9 Å². The molecule has 1 saturated carbocycles. The van der Waals surface area contributed by atoms with Crippen molar-refractivity contribution in [2.24, 2.45) is 0 Å². The molecule has 7 heteroatoms. The van der Waals surface area contributed by atoms with Crippen LogP contribution in [-0.4, -0.2) is 48.6 Å². The Morgan fingerprint density at radius 2 is 1.88 bits per heavy atom. The molecular formula is C17H20N2O5. The van der Waals surface area contributed by atoms with Crippen molar-refractivity contribution in [1.29, 1.82) is 0 Å². The highest BCUT2D eigenvalue weighted by molar-refractivity contribution is 6.07. The number of methoxy groups -OCH3 is 1. The molecule has 2 aliphatic rings. The number of nitrogens with one attached hydrogen (secondary N) is 1. The molecule has 1 N–H and O–H groups in total. The number of imide groups is 1. The number of ether oxygens (including phenoxy) is 2. The average Bonchev–Trinajstić information content (AvgIpc) is 3.15. The van der Waals surface area contributed by atoms with Gasteiger partial charge in [-0.15, -0.1) is 0 Å². The molecule has 24 heavy (non-hydrogen) atoms. The Hall–Kier alpha value is -2.57. The summed E-state index contributed by atoms with van der Waals surface area (Å²) in [6, 6.07) is 6.16. The minimum atomic E-state index is -0.681. The number of hydrogen-bond donors (Lipinski definition) is 1. The van der Waals surface area contributed by atoms with Gasteiger partial charge in [-0.25, -0.2) is 9.59 Å². The van der Waals surface area contributed by atoms with Crippen molar-refractivity contribution in [3.8, 4) is 5.75 Å². The second kappa shape index (κ2) is 6.51. The molecule has 0 bridgehead atoms. The summed E-state index contributed by atoms with van der Waals surface area (Å²) < 4.78 is 10.2. The van der Waals surface area contributed by atoms with Crippen LogP contribution in [0.2, 0.25) is 0 Å². The number of rotatable bonds is 5. The molecule has 0 atom stereocenters. The van der Waals surface area contributed by atoms with Gasteiger partial charge < -0.3 is 14.8 Å². The predicted molar refractivity (Wildman–Crippen MR) is 84.7 cm³/mol. The molecule has 1 aromatic rings. The molecule has 1 aliphatic heterocycles. The topological polar surface area (TPSA) is 84.9 Å². The van der Waals surface area contributed by atoms with Crippen molar-refractivity contribution in [2.45, 2.75) is 31.2 Å². The van der Waals surface area contributed by atoms with Gasteiger partial charge in [0.25, 0.3) is 5.91 Å². The van der Waals surface area contributed by atoms with Gasteiger partial charge in [0.05, 0.1) is 19.2 Å². The molecule has 0 aromatic heterocycles. The highest BCUT2D eigenvalue weighted by Crippen LogP contribution is 2.34. The monoisotopic (exact) mass is 332 g/mol. The number of carbonyl (C=O) groups is 3. The lowest BCUT2D eigenvalue weighted by Crippen LogP contribution is -2.44. The second-order valence-electron chi connectivity index (χ2n) is 6.04. The van der Waals surface area contributed by atoms with Crippen LogP contribution in [0.5, 0.6) is 5.75 Å². The van der Waals surface area contributed by atoms with E-state index in [-0.39, 0.29) is 25.1 Å². The van der Waals surface area contributed by atoms with Crippen molar-refractivity contribution in [3.63, 3.8) is 0 Å². The third-order valence-electron chi connectivity index (χ3n) is 4.56. The Morgan fingerprint density at radius 3 is 2.50 bits per heavy atom. The van der Waals surface area contributed by atoms with Crippen LogP contribution in [0.3, 0.4) is 0 Å². The van der Waals surface area contributed by atoms with Gasteiger partial charge in [-0.1, -0.05) is 12.8 Å². The highest BCUT2D eigenvalue weighted by atomic mass is 16.5. The molecule has 7 nitrogen and oxygen atoms in total. The molecule has 0 unspecified atom stereocenters. The number of urea groups is 1. The Kier molecular flexibility index (Phi) is 4.42. The van der Waals surface area contributed by atoms with Gasteiger partial charge in [0.2, 0.25) is 0 Å². The zero-order chi connectivity index (χ0) is 17.2. The van der Waals surface area contributed by atoms with Crippen molar-refractivity contribution in [2.75, 3.05) is 20.3 Å². The lowest BCUT2D eigenvalue weighted by Gasteiger charge is -2.20. The van der Waals surface area contributed by atoms with Crippen LogP contribution in [0.25, 0.3) is 0 Å². The number of benzene rings is 1. The van der Waals surface area contributed by atoms with Crippen LogP contribution in [0.4, 0.5) is 4.79 Å². The number of amides is 3. The lowest BCUT2D eigenvalue weighted by molar-refractivity contribution is -0.131. The van der Waals surface area contributed by atoms with E-state index in [0.717, 1.165) is 12.8 Å². The third-order valence-corrected chi connectivity index (χ3v) is 4.56. The van der Waals surface area contributed by atoms with Gasteiger partial charge in [-0.05, 0) is 37.1 Å². The van der Waals surface area contributed by atoms with E-state index in [0.29, 0.717) is 24.2 Å². The van der Waals surface area contributed by atoms with Crippen LogP contribution < -0.4 is 10.1 Å². The van der Waals surface area contributed by atoms with Crippen LogP contribution in [0, 0.1) is 0 Å². The Morgan fingerprint density at radius 1 is 1.21 bits per heavy atom. The Labute approximate surface area is 139 Å². The molecule has 1 aromatic carbocycles. The first kappa shape index (κ1) is 16.3. The first-order valence-electron chi connectivity index (χ1n) is 8.01. The standard InChI is InChI=1S/C17H20N2O5/c1-23-14(20)12-4-6-13(7-5-12)24-11-10-19-15(21)17(18-16(19)22)8-2-3-9-17/h4-7H,2-3,8-11H2,1H3,(H,18,22). The SMILES string of the molecule is COC(=O)c1ccc(OCCN2C(=O)NC3(CCCC3)C2=O)cc1. The van der Waals surface area contributed by atoms with Gasteiger partial charge in [0.1, 0.15) is 17.9 Å². The minimum Gasteiger partial charge on any atom is -0.492 e. The molecule has 0 radical (unpaired) electrons. The summed E-state index contributed by atoms with van der Waals surface area (Å²) in [6.45, 7) is 0.401. The van der Waals surface area contributed by atoms with E-state index >= 15 is 0 Å². The number of esters is 1. The fourth-order valence-corrected chi connectivity index (χ4v) is 3.26. The van der Waals surface area contributed by atoms with E-state index in [1.165, 1.54) is 12.0 Å². The van der Waals surface area contributed by atoms with E-state index in [1.807, 2.05) is 0 Å². The number of nitrogens with zero attached hydrogens (tertiary/aromatic N) is 1. The molecule has 1 saturated heterocycles. The molecular weight excluding hydrogens is 312 g/mol. The maximum atomic E-state index is 12.5. The molecule has 3 amide bonds. The summed E-state index contributed by atoms with van der Waals surface area (Å²) in [4.78, 5) is 37.1. The zero-order valence-electron chi connectivity index (χ0n) is 13.5. The van der Waals surface area contributed by atoms with Gasteiger partial charge in [-0.3, -0.25) is 9.69 Å². The van der Waals surface area contributed by atoms with Crippen molar-refractivity contribution in [1.82, 2.24) is 10.2 Å². The summed E-state index contributed by atoms with van der Waals surface area (Å²) in [5, 5.41) is 2.83. The fraction of sp³-hybridized carbons (Fsp3) is 0.471. The van der Waals surface area contributed by atoms with Crippen LogP contribution >= 0.6 is 0 Å². The van der Waals surface area contributed by atoms with E-state index in [2.05, 4.69) is 10.1 Å². The van der Waals surface area contributed by atoms with E-state index in [9.17, 15) is 14.4 Å². The summed E-state index contributed by atoms with van der Waals surface area (Å²) in [5.41, 5.74) is -0.249. The zero-order valence-corrected chi connectivity index (χ0v) is 13.5. The smallest absolute Gasteiger partial charge is 0.337 e. The third kappa shape index (κ3) is 2.93. The Bertz CT molecular complexity index is 649. The molecule has 3 rings (SSSR count). The van der Waals surface area contributed by atoms with Crippen LogP contribution in [0.15, 0.2) is 24.3 Å². The highest BCUT2D eigenvalue weighted by Gasteiger charge is 2.52. The van der Waals surface area contributed by atoms with Gasteiger partial charge in [-0.2, -0.15) is 0 Å². The second-order valence-corrected chi connectivity index (χ2v) is 6.04. The molecule has 1 aliphatic carbocycles. The number of hydrogen-bond acceptors (Lipinski definition) is 5. The summed E-state index contributed by atoms with van der Waals surface area (Å²) in [6.07, 6.45) is 3.35. The first-order valence-corrected chi connectivity index (χ1v) is 8.01. The lowest BCUT2D eigenvalue weighted by atomic mass is 9.98. The molecule has 128 valence electrons. The van der Waals surface area contributed by atoms with E-state index in [4.69, 9.17) is 4.74 Å².